The van der Waals surface area contributed by atoms with E-state index in [-0.39, 0.29) is 0 Å². The molecular formula is C4H9N4O3P. The fourth-order valence-electron chi connectivity index (χ4n) is 0.619. The van der Waals surface area contributed by atoms with Crippen LogP contribution in [0, 0.1) is 0 Å². The molecule has 8 heteroatoms. The van der Waals surface area contributed by atoms with Gasteiger partial charge in [0.1, 0.15) is 10.9 Å². The fourth-order valence-corrected chi connectivity index (χ4v) is 1.24. The van der Waals surface area contributed by atoms with Gasteiger partial charge in [-0.2, -0.15) is 0 Å². The third kappa shape index (κ3) is 1.77. The van der Waals surface area contributed by atoms with E-state index in [0.717, 1.165) is 10.0 Å². The molecular weight excluding hydrogens is 183 g/mol. The Kier molecular flexibility index (Phi) is 2.71. The summed E-state index contributed by atoms with van der Waals surface area (Å²) in [5.74, 6) is 4.87. The molecule has 3 atom stereocenters. The minimum absolute atomic E-state index is 0.497. The summed E-state index contributed by atoms with van der Waals surface area (Å²) in [6.45, 7) is 1.53. The molecule has 12 heavy (non-hydrogen) atoms. The number of nitrogens with zero attached hydrogens (tertiary/aromatic N) is 3. The van der Waals surface area contributed by atoms with E-state index < -0.39 is 20.1 Å². The summed E-state index contributed by atoms with van der Waals surface area (Å²) >= 11 is 0. The normalized spacial score (nSPS) is 26.4. The zero-order valence-corrected chi connectivity index (χ0v) is 7.56. The summed E-state index contributed by atoms with van der Waals surface area (Å²) < 4.78 is 4.42. The molecule has 1 heterocycles. The number of carbonyl (C=O) groups excluding carboxylic acids is 1. The molecule has 7 nitrogen and oxygen atoms in total. The van der Waals surface area contributed by atoms with Gasteiger partial charge in [-0.3, -0.25) is 4.79 Å². The Morgan fingerprint density at radius 1 is 1.92 bits per heavy atom. The number of rotatable bonds is 3. The van der Waals surface area contributed by atoms with Gasteiger partial charge in [0.05, 0.1) is 12.0 Å². The van der Waals surface area contributed by atoms with Crippen LogP contribution in [0.15, 0.2) is 4.85 Å². The zero-order valence-electron chi connectivity index (χ0n) is 6.67. The molecule has 3 unspecified atom stereocenters. The molecule has 0 bridgehead atoms. The van der Waals surface area contributed by atoms with Gasteiger partial charge in [0, 0.05) is 0 Å². The van der Waals surface area contributed by atoms with Crippen molar-refractivity contribution < 1.29 is 14.4 Å². The van der Waals surface area contributed by atoms with Crippen LogP contribution in [0.5, 0.6) is 0 Å². The summed E-state index contributed by atoms with van der Waals surface area (Å²) in [6.07, 6.45) is 0. The van der Waals surface area contributed by atoms with E-state index in [1.807, 2.05) is 0 Å². The van der Waals surface area contributed by atoms with Crippen molar-refractivity contribution in [1.29, 1.82) is 0 Å². The van der Waals surface area contributed by atoms with Crippen molar-refractivity contribution in [2.24, 2.45) is 10.7 Å². The second-order valence-corrected chi connectivity index (χ2v) is 3.23. The predicted molar refractivity (Wildman–Crippen MR) is 38.7 cm³/mol. The number of hydrogen-bond acceptors (Lipinski definition) is 7. The van der Waals surface area contributed by atoms with E-state index in [2.05, 4.69) is 9.59 Å². The Labute approximate surface area is 70.2 Å². The lowest BCUT2D eigenvalue weighted by molar-refractivity contribution is -0.166. The van der Waals surface area contributed by atoms with Crippen LogP contribution in [0.2, 0.25) is 0 Å². The average Bonchev–Trinajstić information content (AvgIpc) is 2.78. The van der Waals surface area contributed by atoms with Crippen molar-refractivity contribution in [2.45, 2.75) is 13.0 Å². The second-order valence-electron chi connectivity index (χ2n) is 2.19. The van der Waals surface area contributed by atoms with Crippen LogP contribution in [0.4, 0.5) is 0 Å². The summed E-state index contributed by atoms with van der Waals surface area (Å²) in [5.41, 5.74) is 0. The van der Waals surface area contributed by atoms with Crippen molar-refractivity contribution in [3.63, 3.8) is 0 Å². The van der Waals surface area contributed by atoms with Crippen molar-refractivity contribution in [1.82, 2.24) is 10.0 Å². The maximum atomic E-state index is 10.9. The Hall–Kier alpha value is -0.590. The molecule has 1 aliphatic heterocycles. The molecule has 0 aliphatic carbocycles. The number of hydrogen-bond donors (Lipinski definition) is 1. The first-order valence-electron chi connectivity index (χ1n) is 3.18. The predicted octanol–water partition coefficient (Wildman–Crippen LogP) is -1.27. The maximum absolute atomic E-state index is 10.9. The summed E-state index contributed by atoms with van der Waals surface area (Å²) in [4.78, 5) is 25.9. The Morgan fingerprint density at radius 3 is 2.75 bits per heavy atom. The van der Waals surface area contributed by atoms with E-state index in [1.54, 1.807) is 0 Å². The van der Waals surface area contributed by atoms with E-state index in [9.17, 15) is 9.69 Å². The van der Waals surface area contributed by atoms with Gasteiger partial charge in [-0.1, -0.05) is 0 Å². The molecule has 1 rings (SSSR count). The molecule has 0 aromatic heterocycles. The smallest absolute Gasteiger partial charge is 0.335 e. The highest BCUT2D eigenvalue weighted by molar-refractivity contribution is 7.41. The number of esters is 1. The highest BCUT2D eigenvalue weighted by Gasteiger charge is 2.42. The number of nitrogens with two attached hydrogens (primary N) is 1. The van der Waals surface area contributed by atoms with Crippen molar-refractivity contribution in [2.75, 3.05) is 7.11 Å². The summed E-state index contributed by atoms with van der Waals surface area (Å²) in [7, 11) is -0.478. The SMILES string of the molecule is COC(=O)C(C)N(N)N1N=[P+]1[O-]. The van der Waals surface area contributed by atoms with Crippen LogP contribution in [-0.4, -0.2) is 29.1 Å². The number of ether oxygens (including phenoxy) is 1. The van der Waals surface area contributed by atoms with Gasteiger partial charge in [-0.05, 0) is 6.92 Å². The van der Waals surface area contributed by atoms with Gasteiger partial charge < -0.3 is 9.63 Å². The van der Waals surface area contributed by atoms with Gasteiger partial charge in [0.15, 0.2) is 0 Å². The van der Waals surface area contributed by atoms with E-state index in [0.29, 0.717) is 0 Å². The van der Waals surface area contributed by atoms with Crippen LogP contribution in [0.3, 0.4) is 0 Å². The average molecular weight is 192 g/mol. The van der Waals surface area contributed by atoms with Crippen molar-refractivity contribution in [3.8, 4) is 0 Å². The van der Waals surface area contributed by atoms with Gasteiger partial charge in [0.25, 0.3) is 0 Å². The third-order valence-corrected chi connectivity index (χ3v) is 2.19. The second kappa shape index (κ2) is 3.42. The summed E-state index contributed by atoms with van der Waals surface area (Å²) in [6, 6.07) is -0.680. The molecule has 0 saturated carbocycles. The lowest BCUT2D eigenvalue weighted by Crippen LogP contribution is -2.47. The van der Waals surface area contributed by atoms with E-state index >= 15 is 0 Å². The third-order valence-electron chi connectivity index (χ3n) is 1.42. The molecule has 0 fully saturated rings. The molecule has 1 aliphatic rings. The fraction of sp³-hybridized carbons (Fsp3) is 0.750. The minimum atomic E-state index is -1.73. The first-order chi connectivity index (χ1) is 5.57. The molecule has 0 aromatic carbocycles. The van der Waals surface area contributed by atoms with Gasteiger partial charge in [-0.25, -0.2) is 5.84 Å². The first kappa shape index (κ1) is 9.50. The number of hydrazine groups is 2. The van der Waals surface area contributed by atoms with Crippen LogP contribution >= 0.6 is 8.09 Å². The maximum Gasteiger partial charge on any atom is 0.335 e. The lowest BCUT2D eigenvalue weighted by Gasteiger charge is -2.16. The molecule has 0 saturated heterocycles. The van der Waals surface area contributed by atoms with Crippen LogP contribution in [-0.2, 0) is 9.53 Å². The monoisotopic (exact) mass is 192 g/mol. The number of methoxy groups -OCH3 is 1. The minimum Gasteiger partial charge on any atom is -0.591 e. The Balaban J connectivity index is 2.42. The lowest BCUT2D eigenvalue weighted by atomic mass is 10.4. The van der Waals surface area contributed by atoms with Crippen LogP contribution in [0.1, 0.15) is 6.92 Å². The van der Waals surface area contributed by atoms with Crippen LogP contribution in [0.25, 0.3) is 0 Å². The van der Waals surface area contributed by atoms with Gasteiger partial charge in [-0.15, -0.1) is 5.12 Å². The van der Waals surface area contributed by atoms with Gasteiger partial charge >= 0.3 is 14.1 Å². The molecule has 0 aromatic rings. The van der Waals surface area contributed by atoms with Crippen LogP contribution < -0.4 is 10.7 Å². The quantitative estimate of drug-likeness (QED) is 0.259. The Bertz CT molecular complexity index is 232. The number of carbonyl (C=O) groups is 1. The molecule has 2 N–H and O–H groups in total. The Morgan fingerprint density at radius 2 is 2.42 bits per heavy atom. The topological polar surface area (TPSA) is 94.0 Å². The largest absolute Gasteiger partial charge is 0.591 e. The highest BCUT2D eigenvalue weighted by Crippen LogP contribution is 2.39. The van der Waals surface area contributed by atoms with E-state index in [1.165, 1.54) is 14.0 Å². The summed E-state index contributed by atoms with van der Waals surface area (Å²) in [5, 5.41) is 0.977. The highest BCUT2D eigenvalue weighted by atomic mass is 31.1. The zero-order chi connectivity index (χ0) is 9.30. The molecule has 0 spiro atoms. The molecule has 0 amide bonds. The molecule has 68 valence electrons. The van der Waals surface area contributed by atoms with E-state index in [4.69, 9.17) is 5.84 Å². The molecule has 0 radical (unpaired) electrons. The van der Waals surface area contributed by atoms with Crippen molar-refractivity contribution >= 4 is 14.1 Å². The first-order valence-corrected chi connectivity index (χ1v) is 4.35. The van der Waals surface area contributed by atoms with Crippen molar-refractivity contribution in [3.05, 3.63) is 0 Å². The standard InChI is InChI=1S/C4H9N4O3P/c1-3(4(9)11-2)7(5)8-6-12(8)10/h3H,5H2,1-2H3. The van der Waals surface area contributed by atoms with Gasteiger partial charge in [0.2, 0.25) is 0 Å².